The third-order valence-corrected chi connectivity index (χ3v) is 2.41. The molecule has 0 atom stereocenters. The van der Waals surface area contributed by atoms with Crippen molar-refractivity contribution in [2.24, 2.45) is 0 Å². The van der Waals surface area contributed by atoms with Gasteiger partial charge in [-0.2, -0.15) is 0 Å². The van der Waals surface area contributed by atoms with Crippen molar-refractivity contribution in [3.05, 3.63) is 28.5 Å². The van der Waals surface area contributed by atoms with Crippen LogP contribution in [0.25, 0.3) is 0 Å². The molecule has 0 unspecified atom stereocenters. The highest BCUT2D eigenvalue weighted by molar-refractivity contribution is 9.10. The van der Waals surface area contributed by atoms with Gasteiger partial charge in [-0.15, -0.1) is 0 Å². The van der Waals surface area contributed by atoms with Crippen molar-refractivity contribution in [1.82, 2.24) is 5.32 Å². The van der Waals surface area contributed by atoms with Crippen molar-refractivity contribution in [1.29, 1.82) is 0 Å². The Morgan fingerprint density at radius 2 is 2.12 bits per heavy atom. The summed E-state index contributed by atoms with van der Waals surface area (Å²) in [6.45, 7) is 0.0313. The third-order valence-electron chi connectivity index (χ3n) is 1.80. The first-order valence-electron chi connectivity index (χ1n) is 4.70. The SMILES string of the molecule is O=C(O)CCNC(=O)Nc1ccc(F)c(Br)c1. The maximum Gasteiger partial charge on any atom is 0.319 e. The predicted molar refractivity (Wildman–Crippen MR) is 63.4 cm³/mol. The van der Waals surface area contributed by atoms with Crippen LogP contribution < -0.4 is 10.6 Å². The summed E-state index contributed by atoms with van der Waals surface area (Å²) in [5.74, 6) is -1.42. The van der Waals surface area contributed by atoms with Gasteiger partial charge in [0.15, 0.2) is 0 Å². The van der Waals surface area contributed by atoms with Crippen molar-refractivity contribution in [3.8, 4) is 0 Å². The van der Waals surface area contributed by atoms with E-state index < -0.39 is 17.8 Å². The highest BCUT2D eigenvalue weighted by Gasteiger charge is 2.05. The van der Waals surface area contributed by atoms with E-state index in [-0.39, 0.29) is 17.4 Å². The van der Waals surface area contributed by atoms with Gasteiger partial charge in [-0.05, 0) is 34.1 Å². The lowest BCUT2D eigenvalue weighted by Crippen LogP contribution is -2.30. The Morgan fingerprint density at radius 3 is 2.71 bits per heavy atom. The second kappa shape index (κ2) is 6.19. The molecule has 2 amide bonds. The van der Waals surface area contributed by atoms with E-state index >= 15 is 0 Å². The second-order valence-electron chi connectivity index (χ2n) is 3.15. The molecule has 0 spiro atoms. The number of anilines is 1. The fourth-order valence-corrected chi connectivity index (χ4v) is 1.41. The summed E-state index contributed by atoms with van der Waals surface area (Å²) in [4.78, 5) is 21.5. The molecule has 0 radical (unpaired) electrons. The highest BCUT2D eigenvalue weighted by atomic mass is 79.9. The molecule has 0 fully saturated rings. The largest absolute Gasteiger partial charge is 0.481 e. The van der Waals surface area contributed by atoms with Gasteiger partial charge in [0.25, 0.3) is 0 Å². The standard InChI is InChI=1S/C10H10BrFN2O3/c11-7-5-6(1-2-8(7)12)14-10(17)13-4-3-9(15)16/h1-2,5H,3-4H2,(H,15,16)(H2,13,14,17). The molecular weight excluding hydrogens is 295 g/mol. The van der Waals surface area contributed by atoms with Crippen LogP contribution in [-0.2, 0) is 4.79 Å². The van der Waals surface area contributed by atoms with E-state index in [1.165, 1.54) is 18.2 Å². The summed E-state index contributed by atoms with van der Waals surface area (Å²) in [6.07, 6.45) is -0.152. The molecule has 1 rings (SSSR count). The summed E-state index contributed by atoms with van der Waals surface area (Å²) in [7, 11) is 0. The van der Waals surface area contributed by atoms with Gasteiger partial charge in [0.05, 0.1) is 10.9 Å². The van der Waals surface area contributed by atoms with Crippen LogP contribution in [0.3, 0.4) is 0 Å². The number of carbonyl (C=O) groups excluding carboxylic acids is 1. The quantitative estimate of drug-likeness (QED) is 0.798. The molecule has 92 valence electrons. The minimum Gasteiger partial charge on any atom is -0.481 e. The normalized spacial score (nSPS) is 9.76. The molecule has 0 bridgehead atoms. The molecule has 0 aliphatic rings. The second-order valence-corrected chi connectivity index (χ2v) is 4.01. The summed E-state index contributed by atoms with van der Waals surface area (Å²) in [5.41, 5.74) is 0.408. The number of nitrogens with one attached hydrogen (secondary N) is 2. The molecule has 3 N–H and O–H groups in total. The van der Waals surface area contributed by atoms with Crippen LogP contribution in [0.2, 0.25) is 0 Å². The minimum atomic E-state index is -0.991. The number of rotatable bonds is 4. The van der Waals surface area contributed by atoms with Crippen LogP contribution in [0.5, 0.6) is 0 Å². The van der Waals surface area contributed by atoms with E-state index in [1.54, 1.807) is 0 Å². The van der Waals surface area contributed by atoms with Crippen molar-refractivity contribution in [2.45, 2.75) is 6.42 Å². The highest BCUT2D eigenvalue weighted by Crippen LogP contribution is 2.19. The molecular formula is C10H10BrFN2O3. The zero-order valence-electron chi connectivity index (χ0n) is 8.67. The van der Waals surface area contributed by atoms with Crippen LogP contribution in [0.15, 0.2) is 22.7 Å². The fourth-order valence-electron chi connectivity index (χ4n) is 1.03. The van der Waals surface area contributed by atoms with Crippen molar-refractivity contribution >= 4 is 33.6 Å². The zero-order chi connectivity index (χ0) is 12.8. The van der Waals surface area contributed by atoms with Crippen LogP contribution in [0.1, 0.15) is 6.42 Å². The Balaban J connectivity index is 2.45. The van der Waals surface area contributed by atoms with Crippen LogP contribution >= 0.6 is 15.9 Å². The summed E-state index contributed by atoms with van der Waals surface area (Å²) < 4.78 is 13.1. The summed E-state index contributed by atoms with van der Waals surface area (Å²) >= 11 is 2.98. The molecule has 5 nitrogen and oxygen atoms in total. The fraction of sp³-hybridized carbons (Fsp3) is 0.200. The average molecular weight is 305 g/mol. The van der Waals surface area contributed by atoms with E-state index in [1.807, 2.05) is 0 Å². The number of hydrogen-bond acceptors (Lipinski definition) is 2. The van der Waals surface area contributed by atoms with Gasteiger partial charge in [0.2, 0.25) is 0 Å². The zero-order valence-corrected chi connectivity index (χ0v) is 10.3. The van der Waals surface area contributed by atoms with Gasteiger partial charge in [0, 0.05) is 12.2 Å². The van der Waals surface area contributed by atoms with E-state index in [0.29, 0.717) is 5.69 Å². The maximum absolute atomic E-state index is 12.9. The minimum absolute atomic E-state index is 0.0313. The van der Waals surface area contributed by atoms with Gasteiger partial charge in [-0.1, -0.05) is 0 Å². The van der Waals surface area contributed by atoms with Crippen molar-refractivity contribution < 1.29 is 19.1 Å². The van der Waals surface area contributed by atoms with Crippen LogP contribution in [0, 0.1) is 5.82 Å². The number of urea groups is 1. The topological polar surface area (TPSA) is 78.4 Å². The Hall–Kier alpha value is -1.63. The lowest BCUT2D eigenvalue weighted by molar-refractivity contribution is -0.136. The first-order valence-corrected chi connectivity index (χ1v) is 5.50. The van der Waals surface area contributed by atoms with E-state index in [2.05, 4.69) is 26.6 Å². The Bertz CT molecular complexity index is 440. The summed E-state index contributed by atoms with van der Waals surface area (Å²) in [6, 6.07) is 3.48. The number of benzene rings is 1. The Labute approximate surface area is 105 Å². The molecule has 0 saturated heterocycles. The molecule has 0 saturated carbocycles. The molecule has 17 heavy (non-hydrogen) atoms. The molecule has 0 heterocycles. The van der Waals surface area contributed by atoms with Gasteiger partial charge >= 0.3 is 12.0 Å². The number of carbonyl (C=O) groups is 2. The number of carboxylic acids is 1. The molecule has 0 aliphatic heterocycles. The predicted octanol–water partition coefficient (Wildman–Crippen LogP) is 2.18. The first kappa shape index (κ1) is 13.4. The third kappa shape index (κ3) is 4.81. The molecule has 1 aromatic carbocycles. The monoisotopic (exact) mass is 304 g/mol. The molecule has 1 aromatic rings. The van der Waals surface area contributed by atoms with E-state index in [0.717, 1.165) is 0 Å². The molecule has 0 aromatic heterocycles. The number of aliphatic carboxylic acids is 1. The lowest BCUT2D eigenvalue weighted by atomic mass is 10.3. The van der Waals surface area contributed by atoms with Gasteiger partial charge in [-0.3, -0.25) is 4.79 Å². The number of hydrogen-bond donors (Lipinski definition) is 3. The maximum atomic E-state index is 12.9. The van der Waals surface area contributed by atoms with E-state index in [4.69, 9.17) is 5.11 Å². The van der Waals surface area contributed by atoms with Gasteiger partial charge in [0.1, 0.15) is 5.82 Å². The smallest absolute Gasteiger partial charge is 0.319 e. The molecule has 0 aliphatic carbocycles. The molecule has 7 heteroatoms. The van der Waals surface area contributed by atoms with E-state index in [9.17, 15) is 14.0 Å². The average Bonchev–Trinajstić information content (AvgIpc) is 2.23. The van der Waals surface area contributed by atoms with Gasteiger partial charge < -0.3 is 15.7 Å². The number of amides is 2. The van der Waals surface area contributed by atoms with Crippen LogP contribution in [0.4, 0.5) is 14.9 Å². The van der Waals surface area contributed by atoms with Crippen LogP contribution in [-0.4, -0.2) is 23.7 Å². The lowest BCUT2D eigenvalue weighted by Gasteiger charge is -2.07. The first-order chi connectivity index (χ1) is 7.99. The van der Waals surface area contributed by atoms with Crippen molar-refractivity contribution in [3.63, 3.8) is 0 Å². The Morgan fingerprint density at radius 1 is 1.41 bits per heavy atom. The van der Waals surface area contributed by atoms with Crippen molar-refractivity contribution in [2.75, 3.05) is 11.9 Å². The van der Waals surface area contributed by atoms with Gasteiger partial charge in [-0.25, -0.2) is 9.18 Å². The number of carboxylic acid groups (broad SMARTS) is 1. The Kier molecular flexibility index (Phi) is 4.89. The summed E-state index contributed by atoms with van der Waals surface area (Å²) in [5, 5.41) is 13.2. The number of halogens is 2.